The maximum atomic E-state index is 12.2. The van der Waals surface area contributed by atoms with Gasteiger partial charge in [-0.25, -0.2) is 9.69 Å². The highest BCUT2D eigenvalue weighted by Gasteiger charge is 2.37. The summed E-state index contributed by atoms with van der Waals surface area (Å²) in [7, 11) is 0. The highest BCUT2D eigenvalue weighted by Crippen LogP contribution is 2.26. The number of benzene rings is 1. The van der Waals surface area contributed by atoms with E-state index in [0.717, 1.165) is 5.56 Å². The van der Waals surface area contributed by atoms with E-state index in [1.165, 1.54) is 4.90 Å². The fraction of sp³-hybridized carbons (Fsp3) is 0.429. The number of amides is 3. The van der Waals surface area contributed by atoms with E-state index >= 15 is 0 Å². The summed E-state index contributed by atoms with van der Waals surface area (Å²) in [5.41, 5.74) is 1.46. The van der Waals surface area contributed by atoms with Crippen LogP contribution in [0.5, 0.6) is 0 Å². The fourth-order valence-electron chi connectivity index (χ4n) is 2.11. The SMILES string of the molecule is Cc1ccc(N2C(=O)CN(CC(C)C)C2=O)cc1Cl. The molecular formula is C14H17ClN2O2. The molecule has 0 aliphatic carbocycles. The molecule has 0 saturated carbocycles. The lowest BCUT2D eigenvalue weighted by Crippen LogP contribution is -2.34. The topological polar surface area (TPSA) is 40.6 Å². The largest absolute Gasteiger partial charge is 0.331 e. The maximum Gasteiger partial charge on any atom is 0.331 e. The average Bonchev–Trinajstić information content (AvgIpc) is 2.58. The Morgan fingerprint density at radius 1 is 1.32 bits per heavy atom. The molecule has 5 heteroatoms. The van der Waals surface area contributed by atoms with E-state index < -0.39 is 0 Å². The predicted octanol–water partition coefficient (Wildman–Crippen LogP) is 3.07. The Labute approximate surface area is 117 Å². The van der Waals surface area contributed by atoms with Crippen LogP contribution in [0.1, 0.15) is 19.4 Å². The van der Waals surface area contributed by atoms with Crippen molar-refractivity contribution in [3.05, 3.63) is 28.8 Å². The molecule has 3 amide bonds. The van der Waals surface area contributed by atoms with Crippen molar-refractivity contribution in [2.75, 3.05) is 18.0 Å². The van der Waals surface area contributed by atoms with Crippen LogP contribution in [0.3, 0.4) is 0 Å². The van der Waals surface area contributed by atoms with Gasteiger partial charge in [-0.3, -0.25) is 4.79 Å². The Balaban J connectivity index is 2.27. The number of aryl methyl sites for hydroxylation is 1. The van der Waals surface area contributed by atoms with Crippen LogP contribution < -0.4 is 4.90 Å². The molecule has 0 bridgehead atoms. The van der Waals surface area contributed by atoms with Gasteiger partial charge >= 0.3 is 6.03 Å². The molecule has 1 heterocycles. The number of carbonyl (C=O) groups excluding carboxylic acids is 2. The number of hydrogen-bond donors (Lipinski definition) is 0. The second kappa shape index (κ2) is 5.21. The normalized spacial score (nSPS) is 15.8. The summed E-state index contributed by atoms with van der Waals surface area (Å²) < 4.78 is 0. The smallest absolute Gasteiger partial charge is 0.314 e. The van der Waals surface area contributed by atoms with Crippen LogP contribution in [0, 0.1) is 12.8 Å². The highest BCUT2D eigenvalue weighted by molar-refractivity contribution is 6.32. The van der Waals surface area contributed by atoms with Gasteiger partial charge in [0.1, 0.15) is 6.54 Å². The highest BCUT2D eigenvalue weighted by atomic mass is 35.5. The second-order valence-electron chi connectivity index (χ2n) is 5.22. The Morgan fingerprint density at radius 3 is 2.58 bits per heavy atom. The van der Waals surface area contributed by atoms with Gasteiger partial charge in [0.05, 0.1) is 5.69 Å². The molecule has 1 aliphatic heterocycles. The summed E-state index contributed by atoms with van der Waals surface area (Å²) in [6.07, 6.45) is 0. The lowest BCUT2D eigenvalue weighted by molar-refractivity contribution is -0.116. The molecule has 1 fully saturated rings. The molecule has 1 aromatic carbocycles. The zero-order chi connectivity index (χ0) is 14.2. The summed E-state index contributed by atoms with van der Waals surface area (Å²) in [6.45, 7) is 6.64. The number of urea groups is 1. The summed E-state index contributed by atoms with van der Waals surface area (Å²) in [5, 5.41) is 0.556. The number of rotatable bonds is 3. The molecule has 1 saturated heterocycles. The first-order valence-electron chi connectivity index (χ1n) is 6.28. The minimum atomic E-state index is -0.265. The van der Waals surface area contributed by atoms with Crippen LogP contribution in [-0.2, 0) is 4.79 Å². The first kappa shape index (κ1) is 13.9. The number of halogens is 1. The fourth-order valence-corrected chi connectivity index (χ4v) is 2.28. The molecule has 0 aromatic heterocycles. The van der Waals surface area contributed by atoms with Crippen molar-refractivity contribution < 1.29 is 9.59 Å². The molecule has 1 aromatic rings. The van der Waals surface area contributed by atoms with E-state index in [9.17, 15) is 9.59 Å². The molecule has 4 nitrogen and oxygen atoms in total. The van der Waals surface area contributed by atoms with E-state index in [-0.39, 0.29) is 18.5 Å². The van der Waals surface area contributed by atoms with Gasteiger partial charge in [0.25, 0.3) is 5.91 Å². The van der Waals surface area contributed by atoms with Gasteiger partial charge in [-0.15, -0.1) is 0 Å². The number of carbonyl (C=O) groups is 2. The van der Waals surface area contributed by atoms with Crippen molar-refractivity contribution >= 4 is 29.2 Å². The minimum absolute atomic E-state index is 0.141. The molecule has 0 radical (unpaired) electrons. The molecular weight excluding hydrogens is 264 g/mol. The predicted molar refractivity (Wildman–Crippen MR) is 75.5 cm³/mol. The third-order valence-electron chi connectivity index (χ3n) is 3.04. The number of hydrogen-bond acceptors (Lipinski definition) is 2. The molecule has 2 rings (SSSR count). The molecule has 0 N–H and O–H groups in total. The van der Waals surface area contributed by atoms with Gasteiger partial charge in [0.2, 0.25) is 0 Å². The Morgan fingerprint density at radius 2 is 2.00 bits per heavy atom. The molecule has 0 unspecified atom stereocenters. The average molecular weight is 281 g/mol. The van der Waals surface area contributed by atoms with Crippen molar-refractivity contribution in [3.63, 3.8) is 0 Å². The Hall–Kier alpha value is -1.55. The zero-order valence-electron chi connectivity index (χ0n) is 11.3. The quantitative estimate of drug-likeness (QED) is 0.799. The van der Waals surface area contributed by atoms with Crippen LogP contribution in [0.15, 0.2) is 18.2 Å². The molecule has 19 heavy (non-hydrogen) atoms. The molecule has 0 atom stereocenters. The summed E-state index contributed by atoms with van der Waals surface area (Å²) in [4.78, 5) is 27.0. The summed E-state index contributed by atoms with van der Waals surface area (Å²) in [5.74, 6) is 0.129. The lowest BCUT2D eigenvalue weighted by Gasteiger charge is -2.19. The zero-order valence-corrected chi connectivity index (χ0v) is 12.1. The molecule has 102 valence electrons. The Kier molecular flexibility index (Phi) is 3.80. The monoisotopic (exact) mass is 280 g/mol. The maximum absolute atomic E-state index is 12.2. The van der Waals surface area contributed by atoms with Crippen molar-refractivity contribution in [1.29, 1.82) is 0 Å². The van der Waals surface area contributed by atoms with Crippen LogP contribution >= 0.6 is 11.6 Å². The minimum Gasteiger partial charge on any atom is -0.314 e. The number of nitrogens with zero attached hydrogens (tertiary/aromatic N) is 2. The summed E-state index contributed by atoms with van der Waals surface area (Å²) >= 11 is 6.05. The number of anilines is 1. The third kappa shape index (κ3) is 2.73. The van der Waals surface area contributed by atoms with Crippen molar-refractivity contribution in [1.82, 2.24) is 4.90 Å². The standard InChI is InChI=1S/C14H17ClN2O2/c1-9(2)7-16-8-13(18)17(14(16)19)11-5-4-10(3)12(15)6-11/h4-6,9H,7-8H2,1-3H3. The summed E-state index contributed by atoms with van der Waals surface area (Å²) in [6, 6.07) is 4.95. The second-order valence-corrected chi connectivity index (χ2v) is 5.63. The van der Waals surface area contributed by atoms with Crippen LogP contribution in [0.4, 0.5) is 10.5 Å². The molecule has 0 spiro atoms. The van der Waals surface area contributed by atoms with Gasteiger partial charge in [-0.2, -0.15) is 0 Å². The first-order chi connectivity index (χ1) is 8.90. The van der Waals surface area contributed by atoms with E-state index in [1.54, 1.807) is 17.0 Å². The van der Waals surface area contributed by atoms with Gasteiger partial charge in [0.15, 0.2) is 0 Å². The van der Waals surface area contributed by atoms with Crippen LogP contribution in [-0.4, -0.2) is 29.9 Å². The molecule has 1 aliphatic rings. The van der Waals surface area contributed by atoms with Gasteiger partial charge in [0, 0.05) is 11.6 Å². The van der Waals surface area contributed by atoms with Gasteiger partial charge in [-0.1, -0.05) is 31.5 Å². The van der Waals surface area contributed by atoms with Crippen LogP contribution in [0.2, 0.25) is 5.02 Å². The van der Waals surface area contributed by atoms with Gasteiger partial charge < -0.3 is 4.90 Å². The van der Waals surface area contributed by atoms with Crippen molar-refractivity contribution in [2.24, 2.45) is 5.92 Å². The van der Waals surface area contributed by atoms with Crippen LogP contribution in [0.25, 0.3) is 0 Å². The van der Waals surface area contributed by atoms with E-state index in [2.05, 4.69) is 0 Å². The van der Waals surface area contributed by atoms with E-state index in [0.29, 0.717) is 23.2 Å². The van der Waals surface area contributed by atoms with Crippen molar-refractivity contribution in [2.45, 2.75) is 20.8 Å². The Bertz CT molecular complexity index is 528. The van der Waals surface area contributed by atoms with E-state index in [4.69, 9.17) is 11.6 Å². The number of imide groups is 1. The first-order valence-corrected chi connectivity index (χ1v) is 6.66. The van der Waals surface area contributed by atoms with E-state index in [1.807, 2.05) is 26.8 Å². The van der Waals surface area contributed by atoms with Gasteiger partial charge in [-0.05, 0) is 30.5 Å². The third-order valence-corrected chi connectivity index (χ3v) is 3.44. The van der Waals surface area contributed by atoms with Crippen molar-refractivity contribution in [3.8, 4) is 0 Å². The lowest BCUT2D eigenvalue weighted by atomic mass is 10.2.